The molecule has 1 heterocycles. The highest BCUT2D eigenvalue weighted by atomic mass is 35.5. The summed E-state index contributed by atoms with van der Waals surface area (Å²) in [6, 6.07) is 11.0. The molecule has 0 spiro atoms. The molecule has 1 fully saturated rings. The van der Waals surface area contributed by atoms with E-state index in [1.807, 2.05) is 0 Å². The van der Waals surface area contributed by atoms with E-state index >= 15 is 0 Å². The van der Waals surface area contributed by atoms with Gasteiger partial charge < -0.3 is 14.7 Å². The lowest BCUT2D eigenvalue weighted by atomic mass is 9.95. The number of hydrogen-bond donors (Lipinski definition) is 1. The Kier molecular flexibility index (Phi) is 5.58. The molecule has 0 aliphatic carbocycles. The number of benzene rings is 2. The fraction of sp³-hybridized carbons (Fsp3) is 0.200. The maximum atomic E-state index is 14.5. The van der Waals surface area contributed by atoms with Crippen molar-refractivity contribution in [3.05, 3.63) is 76.1 Å². The molecule has 0 saturated carbocycles. The Hall–Kier alpha value is -2.70. The molecule has 1 saturated heterocycles. The van der Waals surface area contributed by atoms with Gasteiger partial charge in [-0.15, -0.1) is 0 Å². The van der Waals surface area contributed by atoms with Gasteiger partial charge in [-0.25, -0.2) is 4.39 Å². The van der Waals surface area contributed by atoms with Crippen molar-refractivity contribution in [3.63, 3.8) is 0 Å². The van der Waals surface area contributed by atoms with Gasteiger partial charge >= 0.3 is 0 Å². The summed E-state index contributed by atoms with van der Waals surface area (Å²) < 4.78 is 19.5. The summed E-state index contributed by atoms with van der Waals surface area (Å²) in [4.78, 5) is 26.4. The van der Waals surface area contributed by atoms with Crippen LogP contribution < -0.4 is 0 Å². The van der Waals surface area contributed by atoms with Gasteiger partial charge in [-0.2, -0.15) is 0 Å². The molecule has 0 aromatic heterocycles. The number of nitrogens with zero attached hydrogens (tertiary/aromatic N) is 1. The van der Waals surface area contributed by atoms with Crippen LogP contribution in [0.5, 0.6) is 0 Å². The molecule has 0 radical (unpaired) electrons. The Balaban J connectivity index is 2.18. The number of carbonyl (C=O) groups excluding carboxylic acids is 2. The molecule has 1 aliphatic heterocycles. The number of rotatable bonds is 5. The monoisotopic (exact) mass is 389 g/mol. The highest BCUT2D eigenvalue weighted by Gasteiger charge is 2.46. The van der Waals surface area contributed by atoms with Crippen molar-refractivity contribution in [1.82, 2.24) is 4.90 Å². The minimum Gasteiger partial charge on any atom is -0.507 e. The summed E-state index contributed by atoms with van der Waals surface area (Å²) in [5.74, 6) is -2.63. The number of Topliss-reactive ketones (excluding diaryl/α,β-unsaturated/α-hetero) is 1. The topological polar surface area (TPSA) is 66.8 Å². The molecule has 27 heavy (non-hydrogen) atoms. The number of ether oxygens (including phenoxy) is 1. The average molecular weight is 390 g/mol. The van der Waals surface area contributed by atoms with Gasteiger partial charge in [-0.3, -0.25) is 9.59 Å². The van der Waals surface area contributed by atoms with Crippen molar-refractivity contribution >= 4 is 29.1 Å². The normalized spacial score (nSPS) is 18.9. The molecule has 140 valence electrons. The number of halogens is 2. The van der Waals surface area contributed by atoms with Crippen LogP contribution in [0.1, 0.15) is 17.2 Å². The van der Waals surface area contributed by atoms with E-state index in [1.54, 1.807) is 18.2 Å². The quantitative estimate of drug-likeness (QED) is 0.482. The number of aliphatic hydroxyl groups is 1. The lowest BCUT2D eigenvalue weighted by Gasteiger charge is -2.25. The fourth-order valence-electron chi connectivity index (χ4n) is 3.08. The molecule has 1 aliphatic rings. The van der Waals surface area contributed by atoms with Crippen molar-refractivity contribution in [2.45, 2.75) is 6.04 Å². The van der Waals surface area contributed by atoms with Crippen LogP contribution in [0.4, 0.5) is 4.39 Å². The zero-order valence-electron chi connectivity index (χ0n) is 14.5. The summed E-state index contributed by atoms with van der Waals surface area (Å²) >= 11 is 5.86. The number of ketones is 1. The number of likely N-dealkylation sites (tertiary alicyclic amines) is 1. The van der Waals surface area contributed by atoms with Crippen LogP contribution in [0.3, 0.4) is 0 Å². The molecule has 0 unspecified atom stereocenters. The standard InChI is InChI=1S/C20H17ClFNO4/c1-27-11-10-23-17(14-4-2-3-5-15(14)22)16(19(25)20(23)26)18(24)12-6-8-13(21)9-7-12/h2-9,17,24H,10-11H2,1H3/t17-/m1/s1. The smallest absolute Gasteiger partial charge is 0.295 e. The summed E-state index contributed by atoms with van der Waals surface area (Å²) in [6.45, 7) is 0.246. The number of hydrogen-bond acceptors (Lipinski definition) is 4. The highest BCUT2D eigenvalue weighted by Crippen LogP contribution is 2.40. The Morgan fingerprint density at radius 1 is 1.19 bits per heavy atom. The van der Waals surface area contributed by atoms with E-state index < -0.39 is 23.5 Å². The number of amides is 1. The highest BCUT2D eigenvalue weighted by molar-refractivity contribution is 6.46. The van der Waals surface area contributed by atoms with Crippen LogP contribution >= 0.6 is 11.6 Å². The largest absolute Gasteiger partial charge is 0.507 e. The van der Waals surface area contributed by atoms with Crippen LogP contribution in [-0.4, -0.2) is 42.0 Å². The molecular weight excluding hydrogens is 373 g/mol. The molecule has 1 atom stereocenters. The van der Waals surface area contributed by atoms with Gasteiger partial charge in [0.25, 0.3) is 11.7 Å². The van der Waals surface area contributed by atoms with E-state index in [-0.39, 0.29) is 30.0 Å². The lowest BCUT2D eigenvalue weighted by molar-refractivity contribution is -0.140. The van der Waals surface area contributed by atoms with E-state index in [0.717, 1.165) is 0 Å². The predicted octanol–water partition coefficient (Wildman–Crippen LogP) is 3.55. The van der Waals surface area contributed by atoms with E-state index in [1.165, 1.54) is 42.3 Å². The first-order valence-corrected chi connectivity index (χ1v) is 8.61. The average Bonchev–Trinajstić information content (AvgIpc) is 2.91. The van der Waals surface area contributed by atoms with Gasteiger partial charge in [-0.05, 0) is 30.3 Å². The van der Waals surface area contributed by atoms with Crippen LogP contribution in [0.2, 0.25) is 5.02 Å². The Bertz CT molecular complexity index is 910. The lowest BCUT2D eigenvalue weighted by Crippen LogP contribution is -2.33. The third-order valence-electron chi connectivity index (χ3n) is 4.39. The summed E-state index contributed by atoms with van der Waals surface area (Å²) in [6.07, 6.45) is 0. The van der Waals surface area contributed by atoms with Crippen molar-refractivity contribution in [1.29, 1.82) is 0 Å². The minimum absolute atomic E-state index is 0.0808. The first kappa shape index (κ1) is 19.1. The molecule has 7 heteroatoms. The summed E-state index contributed by atoms with van der Waals surface area (Å²) in [7, 11) is 1.46. The molecule has 2 aromatic rings. The summed E-state index contributed by atoms with van der Waals surface area (Å²) in [5.41, 5.74) is 0.275. The summed E-state index contributed by atoms with van der Waals surface area (Å²) in [5, 5.41) is 11.2. The number of methoxy groups -OCH3 is 1. The van der Waals surface area contributed by atoms with Gasteiger partial charge in [-0.1, -0.05) is 29.8 Å². The van der Waals surface area contributed by atoms with Crippen LogP contribution in [0, 0.1) is 5.82 Å². The van der Waals surface area contributed by atoms with E-state index in [9.17, 15) is 19.1 Å². The van der Waals surface area contributed by atoms with Gasteiger partial charge in [0.2, 0.25) is 0 Å². The van der Waals surface area contributed by atoms with E-state index in [0.29, 0.717) is 10.6 Å². The molecule has 3 rings (SSSR count). The van der Waals surface area contributed by atoms with Crippen LogP contribution in [0.15, 0.2) is 54.1 Å². The second-order valence-corrected chi connectivity index (χ2v) is 6.45. The first-order chi connectivity index (χ1) is 13.0. The van der Waals surface area contributed by atoms with Crippen molar-refractivity contribution in [2.24, 2.45) is 0 Å². The van der Waals surface area contributed by atoms with Crippen LogP contribution in [-0.2, 0) is 14.3 Å². The van der Waals surface area contributed by atoms with Crippen LogP contribution in [0.25, 0.3) is 5.76 Å². The zero-order chi connectivity index (χ0) is 19.6. The molecular formula is C20H17ClFNO4. The SMILES string of the molecule is COCCN1C(=O)C(=O)C(=C(O)c2ccc(Cl)cc2)[C@H]1c1ccccc1F. The molecule has 0 bridgehead atoms. The van der Waals surface area contributed by atoms with Gasteiger partial charge in [0.1, 0.15) is 11.6 Å². The Labute approximate surface area is 160 Å². The molecule has 1 N–H and O–H groups in total. The van der Waals surface area contributed by atoms with E-state index in [2.05, 4.69) is 0 Å². The Morgan fingerprint density at radius 3 is 2.48 bits per heavy atom. The number of aliphatic hydroxyl groups excluding tert-OH is 1. The van der Waals surface area contributed by atoms with E-state index in [4.69, 9.17) is 16.3 Å². The van der Waals surface area contributed by atoms with Crippen molar-refractivity contribution < 1.29 is 23.8 Å². The van der Waals surface area contributed by atoms with Crippen molar-refractivity contribution in [2.75, 3.05) is 20.3 Å². The first-order valence-electron chi connectivity index (χ1n) is 8.23. The second-order valence-electron chi connectivity index (χ2n) is 6.01. The van der Waals surface area contributed by atoms with Gasteiger partial charge in [0.15, 0.2) is 0 Å². The maximum absolute atomic E-state index is 14.5. The third-order valence-corrected chi connectivity index (χ3v) is 4.65. The van der Waals surface area contributed by atoms with Crippen molar-refractivity contribution in [3.8, 4) is 0 Å². The maximum Gasteiger partial charge on any atom is 0.295 e. The zero-order valence-corrected chi connectivity index (χ0v) is 15.2. The fourth-order valence-corrected chi connectivity index (χ4v) is 3.21. The molecule has 5 nitrogen and oxygen atoms in total. The Morgan fingerprint density at radius 2 is 1.85 bits per heavy atom. The number of carbonyl (C=O) groups is 2. The van der Waals surface area contributed by atoms with Gasteiger partial charge in [0.05, 0.1) is 18.2 Å². The second kappa shape index (κ2) is 7.90. The molecule has 2 aromatic carbocycles. The van der Waals surface area contributed by atoms with Gasteiger partial charge in [0, 0.05) is 29.8 Å². The minimum atomic E-state index is -1.04. The molecule has 1 amide bonds. The predicted molar refractivity (Wildman–Crippen MR) is 98.7 cm³/mol. The third kappa shape index (κ3) is 3.59.